The quantitative estimate of drug-likeness (QED) is 0.598. The standard InChI is InChI=1S/C16H23NO/c1-8-12-9-13(15(2,3)4)11-14(10-12)17(18)16(5,6)7/h1,9-11,18H,2-7H3. The number of anilines is 1. The summed E-state index contributed by atoms with van der Waals surface area (Å²) >= 11 is 0. The fourth-order valence-electron chi connectivity index (χ4n) is 1.64. The van der Waals surface area contributed by atoms with E-state index in [1.807, 2.05) is 39.0 Å². The van der Waals surface area contributed by atoms with E-state index in [4.69, 9.17) is 6.42 Å². The largest absolute Gasteiger partial charge is 0.288 e. The minimum Gasteiger partial charge on any atom is -0.288 e. The topological polar surface area (TPSA) is 23.5 Å². The lowest BCUT2D eigenvalue weighted by Gasteiger charge is -2.32. The molecule has 0 aliphatic rings. The van der Waals surface area contributed by atoms with Crippen LogP contribution in [0.2, 0.25) is 0 Å². The molecule has 0 saturated heterocycles. The maximum absolute atomic E-state index is 10.2. The van der Waals surface area contributed by atoms with E-state index in [9.17, 15) is 5.21 Å². The number of benzene rings is 1. The van der Waals surface area contributed by atoms with Gasteiger partial charge in [0, 0.05) is 5.56 Å². The Morgan fingerprint density at radius 3 is 2.00 bits per heavy atom. The fraction of sp³-hybridized carbons (Fsp3) is 0.500. The van der Waals surface area contributed by atoms with Crippen molar-refractivity contribution in [1.29, 1.82) is 0 Å². The van der Waals surface area contributed by atoms with Gasteiger partial charge in [-0.2, -0.15) is 0 Å². The highest BCUT2D eigenvalue weighted by atomic mass is 16.5. The molecule has 0 amide bonds. The molecule has 2 nitrogen and oxygen atoms in total. The van der Waals surface area contributed by atoms with E-state index >= 15 is 0 Å². The second-order valence-corrected chi connectivity index (χ2v) is 6.65. The molecule has 1 N–H and O–H groups in total. The summed E-state index contributed by atoms with van der Waals surface area (Å²) in [4.78, 5) is 0. The maximum atomic E-state index is 10.2. The first-order chi connectivity index (χ1) is 8.05. The second kappa shape index (κ2) is 4.66. The van der Waals surface area contributed by atoms with E-state index in [0.717, 1.165) is 16.8 Å². The van der Waals surface area contributed by atoms with E-state index in [1.165, 1.54) is 5.06 Å². The minimum absolute atomic E-state index is 0.000332. The molecule has 1 aromatic rings. The third kappa shape index (κ3) is 3.27. The Morgan fingerprint density at radius 1 is 1.06 bits per heavy atom. The lowest BCUT2D eigenvalue weighted by Crippen LogP contribution is -2.38. The highest BCUT2D eigenvalue weighted by Gasteiger charge is 2.22. The van der Waals surface area contributed by atoms with Crippen LogP contribution >= 0.6 is 0 Å². The van der Waals surface area contributed by atoms with Crippen LogP contribution in [-0.4, -0.2) is 10.7 Å². The maximum Gasteiger partial charge on any atom is 0.0655 e. The van der Waals surface area contributed by atoms with Gasteiger partial charge in [-0.05, 0) is 49.9 Å². The molecule has 0 atom stereocenters. The first kappa shape index (κ1) is 14.6. The van der Waals surface area contributed by atoms with Crippen molar-refractivity contribution in [2.24, 2.45) is 0 Å². The molecule has 0 heterocycles. The Hall–Kier alpha value is -1.46. The van der Waals surface area contributed by atoms with Gasteiger partial charge in [0.15, 0.2) is 0 Å². The van der Waals surface area contributed by atoms with Crippen LogP contribution in [-0.2, 0) is 5.41 Å². The Balaban J connectivity index is 3.35. The zero-order valence-electron chi connectivity index (χ0n) is 12.2. The number of hydroxylamine groups is 1. The van der Waals surface area contributed by atoms with Crippen molar-refractivity contribution in [3.8, 4) is 12.3 Å². The normalized spacial score (nSPS) is 12.1. The first-order valence-corrected chi connectivity index (χ1v) is 6.17. The Bertz CT molecular complexity index is 469. The van der Waals surface area contributed by atoms with Gasteiger partial charge in [-0.1, -0.05) is 26.7 Å². The lowest BCUT2D eigenvalue weighted by atomic mass is 9.85. The molecule has 0 aromatic heterocycles. The van der Waals surface area contributed by atoms with Crippen LogP contribution in [0.25, 0.3) is 0 Å². The number of terminal acetylenes is 1. The highest BCUT2D eigenvalue weighted by molar-refractivity contribution is 5.55. The monoisotopic (exact) mass is 245 g/mol. The third-order valence-corrected chi connectivity index (χ3v) is 2.83. The molecule has 0 fully saturated rings. The third-order valence-electron chi connectivity index (χ3n) is 2.83. The van der Waals surface area contributed by atoms with Crippen molar-refractivity contribution in [3.05, 3.63) is 29.3 Å². The van der Waals surface area contributed by atoms with E-state index in [-0.39, 0.29) is 11.0 Å². The number of hydrogen-bond acceptors (Lipinski definition) is 2. The molecule has 0 unspecified atom stereocenters. The predicted molar refractivity (Wildman–Crippen MR) is 77.1 cm³/mol. The van der Waals surface area contributed by atoms with Crippen LogP contribution in [0.5, 0.6) is 0 Å². The number of nitrogens with zero attached hydrogens (tertiary/aromatic N) is 1. The average Bonchev–Trinajstić information content (AvgIpc) is 2.25. The summed E-state index contributed by atoms with van der Waals surface area (Å²) in [7, 11) is 0. The van der Waals surface area contributed by atoms with Crippen molar-refractivity contribution >= 4 is 5.69 Å². The van der Waals surface area contributed by atoms with Crippen LogP contribution in [0.4, 0.5) is 5.69 Å². The van der Waals surface area contributed by atoms with Gasteiger partial charge in [-0.3, -0.25) is 10.3 Å². The van der Waals surface area contributed by atoms with Crippen molar-refractivity contribution in [2.75, 3.05) is 5.06 Å². The summed E-state index contributed by atoms with van der Waals surface area (Å²) in [6.45, 7) is 12.2. The van der Waals surface area contributed by atoms with Crippen molar-refractivity contribution in [2.45, 2.75) is 52.5 Å². The number of rotatable bonds is 1. The summed E-state index contributed by atoms with van der Waals surface area (Å²) < 4.78 is 0. The zero-order valence-corrected chi connectivity index (χ0v) is 12.2. The Kier molecular flexibility index (Phi) is 3.78. The van der Waals surface area contributed by atoms with Gasteiger partial charge < -0.3 is 0 Å². The van der Waals surface area contributed by atoms with E-state index in [1.54, 1.807) is 0 Å². The van der Waals surface area contributed by atoms with Gasteiger partial charge in [0.05, 0.1) is 11.2 Å². The van der Waals surface area contributed by atoms with Gasteiger partial charge in [0.1, 0.15) is 0 Å². The summed E-state index contributed by atoms with van der Waals surface area (Å²) in [6, 6.07) is 5.83. The smallest absolute Gasteiger partial charge is 0.0655 e. The Morgan fingerprint density at radius 2 is 1.61 bits per heavy atom. The molecule has 0 aliphatic carbocycles. The van der Waals surface area contributed by atoms with Gasteiger partial charge in [-0.15, -0.1) is 6.42 Å². The Labute approximate surface area is 111 Å². The van der Waals surface area contributed by atoms with Gasteiger partial charge >= 0.3 is 0 Å². The summed E-state index contributed by atoms with van der Waals surface area (Å²) in [6.07, 6.45) is 5.49. The molecular weight excluding hydrogens is 222 g/mol. The van der Waals surface area contributed by atoms with Gasteiger partial charge in [0.2, 0.25) is 0 Å². The summed E-state index contributed by atoms with van der Waals surface area (Å²) in [5, 5.41) is 11.5. The minimum atomic E-state index is -0.359. The van der Waals surface area contributed by atoms with Crippen molar-refractivity contribution in [1.82, 2.24) is 0 Å². The molecule has 18 heavy (non-hydrogen) atoms. The average molecular weight is 245 g/mol. The van der Waals surface area contributed by atoms with E-state index in [0.29, 0.717) is 0 Å². The zero-order chi connectivity index (χ0) is 14.1. The van der Waals surface area contributed by atoms with Crippen LogP contribution < -0.4 is 5.06 Å². The molecule has 0 bridgehead atoms. The number of hydrogen-bond donors (Lipinski definition) is 1. The molecular formula is C16H23NO. The summed E-state index contributed by atoms with van der Waals surface area (Å²) in [5.74, 6) is 2.65. The second-order valence-electron chi connectivity index (χ2n) is 6.65. The van der Waals surface area contributed by atoms with Gasteiger partial charge in [-0.25, -0.2) is 0 Å². The first-order valence-electron chi connectivity index (χ1n) is 6.17. The fourth-order valence-corrected chi connectivity index (χ4v) is 1.64. The van der Waals surface area contributed by atoms with Crippen molar-refractivity contribution < 1.29 is 5.21 Å². The molecule has 1 aromatic carbocycles. The SMILES string of the molecule is C#Cc1cc(N(O)C(C)(C)C)cc(C(C)(C)C)c1. The van der Waals surface area contributed by atoms with Crippen LogP contribution in [0.15, 0.2) is 18.2 Å². The molecule has 98 valence electrons. The van der Waals surface area contributed by atoms with Crippen molar-refractivity contribution in [3.63, 3.8) is 0 Å². The van der Waals surface area contributed by atoms with E-state index in [2.05, 4.69) is 26.7 Å². The lowest BCUT2D eigenvalue weighted by molar-refractivity contribution is 0.181. The van der Waals surface area contributed by atoms with Crippen LogP contribution in [0, 0.1) is 12.3 Å². The summed E-state index contributed by atoms with van der Waals surface area (Å²) in [5.41, 5.74) is 2.29. The highest BCUT2D eigenvalue weighted by Crippen LogP contribution is 2.30. The molecule has 1 rings (SSSR count). The van der Waals surface area contributed by atoms with E-state index < -0.39 is 0 Å². The van der Waals surface area contributed by atoms with Crippen LogP contribution in [0.1, 0.15) is 52.7 Å². The molecule has 2 heteroatoms. The van der Waals surface area contributed by atoms with Gasteiger partial charge in [0.25, 0.3) is 0 Å². The molecule has 0 aliphatic heterocycles. The molecule has 0 radical (unpaired) electrons. The predicted octanol–water partition coefficient (Wildman–Crippen LogP) is 3.96. The molecule has 0 saturated carbocycles. The van der Waals surface area contributed by atoms with Crippen LogP contribution in [0.3, 0.4) is 0 Å². The molecule has 0 spiro atoms.